The number of nitrogens with two attached hydrogens (primary N) is 1. The number of likely N-dealkylation sites (tertiary alicyclic amines) is 1. The van der Waals surface area contributed by atoms with Crippen LogP contribution in [0.25, 0.3) is 0 Å². The molecular weight excluding hydrogens is 274 g/mol. The van der Waals surface area contributed by atoms with Crippen LogP contribution in [-0.4, -0.2) is 37.0 Å². The number of hydrogen-bond acceptors (Lipinski definition) is 3. The van der Waals surface area contributed by atoms with E-state index < -0.39 is 0 Å². The van der Waals surface area contributed by atoms with Gasteiger partial charge in [-0.15, -0.1) is 0 Å². The lowest BCUT2D eigenvalue weighted by Crippen LogP contribution is -2.35. The van der Waals surface area contributed by atoms with Gasteiger partial charge in [-0.1, -0.05) is 24.6 Å². The molecule has 0 bridgehead atoms. The lowest BCUT2D eigenvalue weighted by molar-refractivity contribution is -0.117. The van der Waals surface area contributed by atoms with Crippen molar-refractivity contribution in [3.63, 3.8) is 0 Å². The summed E-state index contributed by atoms with van der Waals surface area (Å²) in [5.41, 5.74) is 7.72. The largest absolute Gasteiger partial charge is 0.330 e. The predicted molar refractivity (Wildman–Crippen MR) is 83.0 cm³/mol. The van der Waals surface area contributed by atoms with Crippen LogP contribution in [0.4, 0.5) is 5.69 Å². The van der Waals surface area contributed by atoms with E-state index in [1.54, 1.807) is 6.07 Å². The first-order valence-electron chi connectivity index (χ1n) is 6.90. The molecule has 0 aromatic heterocycles. The van der Waals surface area contributed by atoms with E-state index in [1.807, 2.05) is 19.1 Å². The zero-order valence-electron chi connectivity index (χ0n) is 12.1. The summed E-state index contributed by atoms with van der Waals surface area (Å²) in [6.45, 7) is 7.00. The van der Waals surface area contributed by atoms with Gasteiger partial charge < -0.3 is 11.1 Å². The minimum absolute atomic E-state index is 0.00311. The molecule has 5 heteroatoms. The molecule has 1 aromatic carbocycles. The molecule has 0 aliphatic carbocycles. The zero-order valence-corrected chi connectivity index (χ0v) is 12.8. The van der Waals surface area contributed by atoms with Crippen LogP contribution in [0.2, 0.25) is 5.02 Å². The van der Waals surface area contributed by atoms with Gasteiger partial charge in [-0.05, 0) is 49.5 Å². The molecule has 1 amide bonds. The van der Waals surface area contributed by atoms with Crippen LogP contribution in [-0.2, 0) is 4.79 Å². The third-order valence-electron chi connectivity index (χ3n) is 3.97. The highest BCUT2D eigenvalue weighted by Crippen LogP contribution is 2.28. The molecule has 1 heterocycles. The first-order valence-corrected chi connectivity index (χ1v) is 7.28. The Balaban J connectivity index is 1.92. The van der Waals surface area contributed by atoms with Crippen LogP contribution in [0.5, 0.6) is 0 Å². The fraction of sp³-hybridized carbons (Fsp3) is 0.533. The Bertz CT molecular complexity index is 506. The Kier molecular flexibility index (Phi) is 4.68. The topological polar surface area (TPSA) is 58.4 Å². The lowest BCUT2D eigenvalue weighted by Gasteiger charge is -2.22. The fourth-order valence-electron chi connectivity index (χ4n) is 2.55. The minimum Gasteiger partial charge on any atom is -0.330 e. The number of anilines is 1. The van der Waals surface area contributed by atoms with Gasteiger partial charge >= 0.3 is 0 Å². The van der Waals surface area contributed by atoms with Crippen LogP contribution in [0.1, 0.15) is 18.9 Å². The summed E-state index contributed by atoms with van der Waals surface area (Å²) in [5.74, 6) is -0.00311. The summed E-state index contributed by atoms with van der Waals surface area (Å²) in [6.07, 6.45) is 1.05. The van der Waals surface area contributed by atoms with E-state index in [2.05, 4.69) is 17.1 Å². The highest BCUT2D eigenvalue weighted by Gasteiger charge is 2.33. The number of nitrogens with zero attached hydrogens (tertiary/aromatic N) is 1. The molecule has 3 N–H and O–H groups in total. The summed E-state index contributed by atoms with van der Waals surface area (Å²) in [6, 6.07) is 5.50. The fourth-order valence-corrected chi connectivity index (χ4v) is 2.72. The van der Waals surface area contributed by atoms with Crippen molar-refractivity contribution < 1.29 is 4.79 Å². The molecule has 110 valence electrons. The normalized spacial score (nSPS) is 23.0. The van der Waals surface area contributed by atoms with E-state index in [1.165, 1.54) is 0 Å². The Morgan fingerprint density at radius 3 is 2.95 bits per heavy atom. The second kappa shape index (κ2) is 6.12. The maximum Gasteiger partial charge on any atom is 0.238 e. The van der Waals surface area contributed by atoms with Crippen molar-refractivity contribution in [3.05, 3.63) is 28.8 Å². The summed E-state index contributed by atoms with van der Waals surface area (Å²) >= 11 is 5.95. The van der Waals surface area contributed by atoms with E-state index in [4.69, 9.17) is 17.3 Å². The van der Waals surface area contributed by atoms with Gasteiger partial charge in [0.25, 0.3) is 0 Å². The maximum absolute atomic E-state index is 12.1. The van der Waals surface area contributed by atoms with Gasteiger partial charge in [-0.2, -0.15) is 0 Å². The van der Waals surface area contributed by atoms with Crippen LogP contribution in [0, 0.1) is 12.3 Å². The molecule has 1 aliphatic rings. The molecule has 0 saturated carbocycles. The number of halogens is 1. The average molecular weight is 296 g/mol. The van der Waals surface area contributed by atoms with E-state index in [-0.39, 0.29) is 11.3 Å². The number of hydrogen-bond donors (Lipinski definition) is 2. The molecule has 20 heavy (non-hydrogen) atoms. The number of amides is 1. The molecule has 2 rings (SSSR count). The summed E-state index contributed by atoms with van der Waals surface area (Å²) < 4.78 is 0. The quantitative estimate of drug-likeness (QED) is 0.896. The van der Waals surface area contributed by atoms with Crippen molar-refractivity contribution >= 4 is 23.2 Å². The van der Waals surface area contributed by atoms with Gasteiger partial charge in [0.05, 0.1) is 6.54 Å². The van der Waals surface area contributed by atoms with Crippen molar-refractivity contribution in [2.75, 3.05) is 31.5 Å². The molecule has 0 spiro atoms. The Labute approximate surface area is 125 Å². The molecule has 1 saturated heterocycles. The van der Waals surface area contributed by atoms with Crippen molar-refractivity contribution in [3.8, 4) is 0 Å². The average Bonchev–Trinajstić information content (AvgIpc) is 2.76. The number of benzene rings is 1. The molecule has 4 nitrogen and oxygen atoms in total. The van der Waals surface area contributed by atoms with E-state index in [0.717, 1.165) is 30.8 Å². The van der Waals surface area contributed by atoms with Gasteiger partial charge in [0.1, 0.15) is 0 Å². The molecule has 1 aliphatic heterocycles. The van der Waals surface area contributed by atoms with Gasteiger partial charge in [0.15, 0.2) is 0 Å². The predicted octanol–water partition coefficient (Wildman–Crippen LogP) is 2.26. The van der Waals surface area contributed by atoms with Gasteiger partial charge in [0.2, 0.25) is 5.91 Å². The van der Waals surface area contributed by atoms with Crippen LogP contribution >= 0.6 is 11.6 Å². The van der Waals surface area contributed by atoms with E-state index in [0.29, 0.717) is 18.1 Å². The molecule has 1 aromatic rings. The second-order valence-electron chi connectivity index (χ2n) is 5.98. The van der Waals surface area contributed by atoms with Gasteiger partial charge in [-0.3, -0.25) is 9.69 Å². The van der Waals surface area contributed by atoms with Crippen LogP contribution in [0.3, 0.4) is 0 Å². The smallest absolute Gasteiger partial charge is 0.238 e. The summed E-state index contributed by atoms with van der Waals surface area (Å²) in [4.78, 5) is 14.3. The SMILES string of the molecule is Cc1ccc(Cl)cc1NC(=O)CN1CCC(C)(CN)C1. The van der Waals surface area contributed by atoms with E-state index >= 15 is 0 Å². The number of nitrogens with one attached hydrogen (secondary N) is 1. The van der Waals surface area contributed by atoms with Crippen LogP contribution < -0.4 is 11.1 Å². The summed E-state index contributed by atoms with van der Waals surface area (Å²) in [5, 5.41) is 3.55. The molecule has 1 fully saturated rings. The number of carbonyl (C=O) groups excluding carboxylic acids is 1. The Hall–Kier alpha value is -1.10. The minimum atomic E-state index is -0.00311. The third-order valence-corrected chi connectivity index (χ3v) is 4.21. The first-order chi connectivity index (χ1) is 9.42. The Morgan fingerprint density at radius 2 is 2.30 bits per heavy atom. The van der Waals surface area contributed by atoms with Gasteiger partial charge in [0, 0.05) is 17.3 Å². The highest BCUT2D eigenvalue weighted by molar-refractivity contribution is 6.31. The number of aryl methyl sites for hydroxylation is 1. The number of carbonyl (C=O) groups is 1. The monoisotopic (exact) mass is 295 g/mol. The molecular formula is C15H22ClN3O. The second-order valence-corrected chi connectivity index (χ2v) is 6.42. The zero-order chi connectivity index (χ0) is 14.8. The Morgan fingerprint density at radius 1 is 1.55 bits per heavy atom. The van der Waals surface area contributed by atoms with Gasteiger partial charge in [-0.25, -0.2) is 0 Å². The molecule has 1 unspecified atom stereocenters. The lowest BCUT2D eigenvalue weighted by atomic mass is 9.90. The summed E-state index contributed by atoms with van der Waals surface area (Å²) in [7, 11) is 0. The maximum atomic E-state index is 12.1. The van der Waals surface area contributed by atoms with Crippen molar-refractivity contribution in [2.45, 2.75) is 20.3 Å². The van der Waals surface area contributed by atoms with Crippen LogP contribution in [0.15, 0.2) is 18.2 Å². The van der Waals surface area contributed by atoms with Crippen molar-refractivity contribution in [1.82, 2.24) is 4.90 Å². The highest BCUT2D eigenvalue weighted by atomic mass is 35.5. The number of rotatable bonds is 4. The third kappa shape index (κ3) is 3.72. The molecule has 1 atom stereocenters. The van der Waals surface area contributed by atoms with Crippen molar-refractivity contribution in [2.24, 2.45) is 11.1 Å². The van der Waals surface area contributed by atoms with Crippen molar-refractivity contribution in [1.29, 1.82) is 0 Å². The molecule has 0 radical (unpaired) electrons. The standard InChI is InChI=1S/C15H22ClN3O/c1-11-3-4-12(16)7-13(11)18-14(20)8-19-6-5-15(2,9-17)10-19/h3-4,7H,5-6,8-10,17H2,1-2H3,(H,18,20). The first kappa shape index (κ1) is 15.3. The van der Waals surface area contributed by atoms with E-state index in [9.17, 15) is 4.79 Å².